The molecular formula is C19H32N4O. The highest BCUT2D eigenvalue weighted by atomic mass is 16.2. The number of nitrogens with zero attached hydrogens (tertiary/aromatic N) is 4. The van der Waals surface area contributed by atoms with Gasteiger partial charge in [0.2, 0.25) is 5.91 Å². The predicted molar refractivity (Wildman–Crippen MR) is 95.7 cm³/mol. The number of imidazole rings is 1. The van der Waals surface area contributed by atoms with Crippen LogP contribution in [0.5, 0.6) is 0 Å². The SMILES string of the molecule is Cc1nccn1CCC(=O)N1CCCN(CC2CC2)C(C(C)C)C1. The van der Waals surface area contributed by atoms with Crippen molar-refractivity contribution < 1.29 is 4.79 Å². The summed E-state index contributed by atoms with van der Waals surface area (Å²) in [6.45, 7) is 11.5. The topological polar surface area (TPSA) is 41.4 Å². The molecule has 1 saturated heterocycles. The van der Waals surface area contributed by atoms with Crippen LogP contribution >= 0.6 is 0 Å². The molecule has 1 atom stereocenters. The molecule has 3 rings (SSSR count). The second kappa shape index (κ2) is 7.68. The van der Waals surface area contributed by atoms with Gasteiger partial charge in [-0.1, -0.05) is 13.8 Å². The van der Waals surface area contributed by atoms with Gasteiger partial charge in [0.05, 0.1) is 0 Å². The van der Waals surface area contributed by atoms with Gasteiger partial charge in [-0.25, -0.2) is 4.98 Å². The molecule has 134 valence electrons. The standard InChI is InChI=1S/C19H32N4O/c1-15(2)18-14-23(10-4-9-22(18)13-17-5-6-17)19(24)7-11-21-12-8-20-16(21)3/h8,12,15,17-18H,4-7,9-11,13-14H2,1-3H3. The fourth-order valence-electron chi connectivity index (χ4n) is 3.80. The van der Waals surface area contributed by atoms with Gasteiger partial charge in [-0.05, 0) is 38.0 Å². The van der Waals surface area contributed by atoms with E-state index < -0.39 is 0 Å². The second-order valence-corrected chi connectivity index (χ2v) is 7.86. The third-order valence-corrected chi connectivity index (χ3v) is 5.55. The van der Waals surface area contributed by atoms with Crippen molar-refractivity contribution in [1.29, 1.82) is 0 Å². The van der Waals surface area contributed by atoms with E-state index in [9.17, 15) is 4.79 Å². The molecule has 2 aliphatic rings. The lowest BCUT2D eigenvalue weighted by Gasteiger charge is -2.34. The summed E-state index contributed by atoms with van der Waals surface area (Å²) in [5, 5.41) is 0. The Balaban J connectivity index is 1.58. The molecule has 0 bridgehead atoms. The van der Waals surface area contributed by atoms with E-state index >= 15 is 0 Å². The zero-order valence-corrected chi connectivity index (χ0v) is 15.4. The fourth-order valence-corrected chi connectivity index (χ4v) is 3.80. The maximum atomic E-state index is 12.7. The molecule has 24 heavy (non-hydrogen) atoms. The first-order valence-electron chi connectivity index (χ1n) is 9.54. The summed E-state index contributed by atoms with van der Waals surface area (Å²) in [6, 6.07) is 0.507. The van der Waals surface area contributed by atoms with Crippen molar-refractivity contribution in [2.24, 2.45) is 11.8 Å². The maximum Gasteiger partial charge on any atom is 0.224 e. The van der Waals surface area contributed by atoms with Crippen LogP contribution in [0, 0.1) is 18.8 Å². The number of amides is 1. The molecule has 1 aromatic heterocycles. The Hall–Kier alpha value is -1.36. The van der Waals surface area contributed by atoms with Gasteiger partial charge in [0.1, 0.15) is 5.82 Å². The van der Waals surface area contributed by atoms with Crippen LogP contribution in [0.25, 0.3) is 0 Å². The molecule has 2 heterocycles. The van der Waals surface area contributed by atoms with Gasteiger partial charge >= 0.3 is 0 Å². The highest BCUT2D eigenvalue weighted by Crippen LogP contribution is 2.31. The van der Waals surface area contributed by atoms with E-state index in [1.807, 2.05) is 13.1 Å². The number of carbonyl (C=O) groups is 1. The van der Waals surface area contributed by atoms with Gasteiger partial charge in [0.25, 0.3) is 0 Å². The summed E-state index contributed by atoms with van der Waals surface area (Å²) in [4.78, 5) is 21.7. The molecule has 2 fully saturated rings. The van der Waals surface area contributed by atoms with Gasteiger partial charge in [-0.2, -0.15) is 0 Å². The third kappa shape index (κ3) is 4.38. The number of aromatic nitrogens is 2. The Bertz CT molecular complexity index is 549. The van der Waals surface area contributed by atoms with Gasteiger partial charge < -0.3 is 9.47 Å². The predicted octanol–water partition coefficient (Wildman–Crippen LogP) is 2.55. The van der Waals surface area contributed by atoms with Gasteiger partial charge in [-0.15, -0.1) is 0 Å². The van der Waals surface area contributed by atoms with E-state index in [4.69, 9.17) is 0 Å². The Kier molecular flexibility index (Phi) is 5.59. The lowest BCUT2D eigenvalue weighted by Crippen LogP contribution is -2.46. The summed E-state index contributed by atoms with van der Waals surface area (Å²) in [5.41, 5.74) is 0. The first-order chi connectivity index (χ1) is 11.5. The van der Waals surface area contributed by atoms with Crippen molar-refractivity contribution in [3.8, 4) is 0 Å². The highest BCUT2D eigenvalue weighted by Gasteiger charge is 2.33. The van der Waals surface area contributed by atoms with Crippen LogP contribution in [0.3, 0.4) is 0 Å². The molecule has 1 unspecified atom stereocenters. The molecular weight excluding hydrogens is 300 g/mol. The van der Waals surface area contributed by atoms with Crippen molar-refractivity contribution >= 4 is 5.91 Å². The summed E-state index contributed by atoms with van der Waals surface area (Å²) in [7, 11) is 0. The van der Waals surface area contributed by atoms with E-state index in [0.717, 1.165) is 44.3 Å². The van der Waals surface area contributed by atoms with E-state index in [2.05, 4.69) is 33.2 Å². The number of hydrogen-bond donors (Lipinski definition) is 0. The van der Waals surface area contributed by atoms with Crippen LogP contribution in [-0.2, 0) is 11.3 Å². The molecule has 1 saturated carbocycles. The summed E-state index contributed by atoms with van der Waals surface area (Å²) >= 11 is 0. The minimum Gasteiger partial charge on any atom is -0.341 e. The highest BCUT2D eigenvalue weighted by molar-refractivity contribution is 5.76. The average Bonchev–Trinajstić information content (AvgIpc) is 3.30. The zero-order valence-electron chi connectivity index (χ0n) is 15.4. The number of carbonyl (C=O) groups excluding carboxylic acids is 1. The minimum atomic E-state index is 0.294. The van der Waals surface area contributed by atoms with E-state index in [1.54, 1.807) is 6.20 Å². The Labute approximate surface area is 146 Å². The van der Waals surface area contributed by atoms with Crippen LogP contribution < -0.4 is 0 Å². The van der Waals surface area contributed by atoms with Crippen LogP contribution in [0.2, 0.25) is 0 Å². The van der Waals surface area contributed by atoms with E-state index in [0.29, 0.717) is 24.3 Å². The summed E-state index contributed by atoms with van der Waals surface area (Å²) in [6.07, 6.45) is 8.23. The normalized spacial score (nSPS) is 22.8. The molecule has 1 amide bonds. The van der Waals surface area contributed by atoms with Crippen LogP contribution in [0.1, 0.15) is 45.4 Å². The zero-order chi connectivity index (χ0) is 17.1. The molecule has 0 spiro atoms. The third-order valence-electron chi connectivity index (χ3n) is 5.55. The lowest BCUT2D eigenvalue weighted by molar-refractivity contribution is -0.131. The van der Waals surface area contributed by atoms with Crippen LogP contribution in [0.15, 0.2) is 12.4 Å². The van der Waals surface area contributed by atoms with Crippen molar-refractivity contribution in [3.63, 3.8) is 0 Å². The van der Waals surface area contributed by atoms with Crippen molar-refractivity contribution in [1.82, 2.24) is 19.4 Å². The Morgan fingerprint density at radius 3 is 2.75 bits per heavy atom. The molecule has 0 N–H and O–H groups in total. The average molecular weight is 332 g/mol. The number of aryl methyl sites for hydroxylation is 2. The lowest BCUT2D eigenvalue weighted by atomic mass is 10.0. The Morgan fingerprint density at radius 1 is 1.33 bits per heavy atom. The van der Waals surface area contributed by atoms with E-state index in [-0.39, 0.29) is 0 Å². The first kappa shape index (κ1) is 17.5. The Morgan fingerprint density at radius 2 is 2.12 bits per heavy atom. The van der Waals surface area contributed by atoms with E-state index in [1.165, 1.54) is 19.4 Å². The molecule has 5 heteroatoms. The number of hydrogen-bond acceptors (Lipinski definition) is 3. The quantitative estimate of drug-likeness (QED) is 0.804. The van der Waals surface area contributed by atoms with Gasteiger partial charge in [0.15, 0.2) is 0 Å². The van der Waals surface area contributed by atoms with Gasteiger partial charge in [0, 0.05) is 57.6 Å². The largest absolute Gasteiger partial charge is 0.341 e. The molecule has 0 radical (unpaired) electrons. The first-order valence-corrected chi connectivity index (χ1v) is 9.54. The van der Waals surface area contributed by atoms with Gasteiger partial charge in [-0.3, -0.25) is 9.69 Å². The molecule has 1 aliphatic carbocycles. The second-order valence-electron chi connectivity index (χ2n) is 7.86. The van der Waals surface area contributed by atoms with Crippen LogP contribution in [-0.4, -0.2) is 57.5 Å². The van der Waals surface area contributed by atoms with Crippen molar-refractivity contribution in [3.05, 3.63) is 18.2 Å². The summed E-state index contributed by atoms with van der Waals surface area (Å²) < 4.78 is 2.06. The molecule has 1 aliphatic heterocycles. The smallest absolute Gasteiger partial charge is 0.224 e. The summed E-state index contributed by atoms with van der Waals surface area (Å²) in [5.74, 6) is 2.78. The van der Waals surface area contributed by atoms with Crippen molar-refractivity contribution in [2.45, 2.75) is 59.0 Å². The minimum absolute atomic E-state index is 0.294. The number of rotatable bonds is 6. The monoisotopic (exact) mass is 332 g/mol. The van der Waals surface area contributed by atoms with Crippen molar-refractivity contribution in [2.75, 3.05) is 26.2 Å². The van der Waals surface area contributed by atoms with Crippen LogP contribution in [0.4, 0.5) is 0 Å². The maximum absolute atomic E-state index is 12.7. The molecule has 5 nitrogen and oxygen atoms in total. The fraction of sp³-hybridized carbons (Fsp3) is 0.789. The molecule has 0 aromatic carbocycles. The molecule has 1 aromatic rings.